The highest BCUT2D eigenvalue weighted by atomic mass is 35.5. The van der Waals surface area contributed by atoms with Crippen LogP contribution < -0.4 is 5.32 Å². The Hall–Kier alpha value is -3.26. The van der Waals surface area contributed by atoms with Crippen molar-refractivity contribution in [3.8, 4) is 0 Å². The number of nitrogens with one attached hydrogen (secondary N) is 2. The summed E-state index contributed by atoms with van der Waals surface area (Å²) in [5.41, 5.74) is 4.31. The Morgan fingerprint density at radius 1 is 1.32 bits per heavy atom. The number of aryl methyl sites for hydroxylation is 1. The van der Waals surface area contributed by atoms with Gasteiger partial charge in [0, 0.05) is 35.7 Å². The van der Waals surface area contributed by atoms with Crippen LogP contribution >= 0.6 is 11.6 Å². The van der Waals surface area contributed by atoms with Crippen LogP contribution in [0.25, 0.3) is 0 Å². The van der Waals surface area contributed by atoms with Gasteiger partial charge in [-0.1, -0.05) is 17.7 Å². The second-order valence-corrected chi connectivity index (χ2v) is 8.97. The van der Waals surface area contributed by atoms with Crippen LogP contribution in [-0.2, 0) is 16.0 Å². The third-order valence-electron chi connectivity index (χ3n) is 5.99. The Labute approximate surface area is 203 Å². The van der Waals surface area contributed by atoms with Gasteiger partial charge in [0.2, 0.25) is 5.91 Å². The zero-order chi connectivity index (χ0) is 24.4. The Balaban J connectivity index is 1.45. The van der Waals surface area contributed by atoms with Gasteiger partial charge in [-0.2, -0.15) is 0 Å². The van der Waals surface area contributed by atoms with Crippen molar-refractivity contribution in [1.29, 1.82) is 5.41 Å². The molecule has 2 N–H and O–H groups in total. The highest BCUT2D eigenvalue weighted by Crippen LogP contribution is 2.30. The molecule has 1 atom stereocenters. The molecule has 3 heterocycles. The largest absolute Gasteiger partial charge is 0.497 e. The summed E-state index contributed by atoms with van der Waals surface area (Å²) < 4.78 is 19.9. The van der Waals surface area contributed by atoms with E-state index in [0.717, 1.165) is 17.0 Å². The van der Waals surface area contributed by atoms with Crippen LogP contribution in [0.2, 0.25) is 0 Å². The number of amides is 1. The Kier molecular flexibility index (Phi) is 6.97. The quantitative estimate of drug-likeness (QED) is 0.652. The van der Waals surface area contributed by atoms with Crippen molar-refractivity contribution in [1.82, 2.24) is 15.2 Å². The van der Waals surface area contributed by atoms with E-state index in [-0.39, 0.29) is 25.4 Å². The van der Waals surface area contributed by atoms with Gasteiger partial charge < -0.3 is 20.4 Å². The third kappa shape index (κ3) is 5.12. The fourth-order valence-electron chi connectivity index (χ4n) is 4.05. The van der Waals surface area contributed by atoms with Gasteiger partial charge >= 0.3 is 0 Å². The van der Waals surface area contributed by atoms with Crippen molar-refractivity contribution in [2.45, 2.75) is 33.6 Å². The van der Waals surface area contributed by atoms with Crippen molar-refractivity contribution < 1.29 is 13.9 Å². The molecule has 1 unspecified atom stereocenters. The molecular formula is C25H27ClFN5O2. The molecule has 0 aromatic carbocycles. The summed E-state index contributed by atoms with van der Waals surface area (Å²) in [5.74, 6) is -0.396. The average Bonchev–Trinajstić information content (AvgIpc) is 3.20. The summed E-state index contributed by atoms with van der Waals surface area (Å²) in [4.78, 5) is 23.7. The maximum Gasteiger partial charge on any atom is 0.234 e. The maximum absolute atomic E-state index is 14.0. The lowest BCUT2D eigenvalue weighted by Gasteiger charge is -2.26. The lowest BCUT2D eigenvalue weighted by molar-refractivity contribution is -0.133. The molecule has 2 aliphatic heterocycles. The topological polar surface area (TPSA) is 90.7 Å². The van der Waals surface area contributed by atoms with Crippen LogP contribution in [0.5, 0.6) is 0 Å². The second-order valence-electron chi connectivity index (χ2n) is 8.59. The fourth-order valence-corrected chi connectivity index (χ4v) is 4.14. The fraction of sp³-hybridized carbons (Fsp3) is 0.360. The van der Waals surface area contributed by atoms with Gasteiger partial charge in [-0.25, -0.2) is 9.38 Å². The second kappa shape index (κ2) is 9.93. The van der Waals surface area contributed by atoms with Gasteiger partial charge in [-0.05, 0) is 44.9 Å². The molecule has 1 amide bonds. The van der Waals surface area contributed by atoms with Crippen molar-refractivity contribution in [3.63, 3.8) is 0 Å². The number of rotatable bonds is 5. The molecule has 1 aliphatic carbocycles. The van der Waals surface area contributed by atoms with Crippen molar-refractivity contribution in [3.05, 3.63) is 75.4 Å². The number of halogens is 2. The van der Waals surface area contributed by atoms with E-state index in [9.17, 15) is 9.18 Å². The summed E-state index contributed by atoms with van der Waals surface area (Å²) in [6, 6.07) is 3.90. The molecule has 1 fully saturated rings. The SMILES string of the molecule is CC1=N/C(=C2\CN(C(=O)C3CC=C(F)C=C3OCCc3ccc(C)nc3)CC2=N)NC(C)=C1Cl. The minimum atomic E-state index is -0.631. The predicted molar refractivity (Wildman–Crippen MR) is 130 cm³/mol. The number of carbonyl (C=O) groups is 1. The van der Waals surface area contributed by atoms with Gasteiger partial charge in [0.25, 0.3) is 0 Å². The molecule has 9 heteroatoms. The molecule has 0 saturated carbocycles. The summed E-state index contributed by atoms with van der Waals surface area (Å²) in [7, 11) is 0. The number of aliphatic imine (C=N–C) groups is 1. The lowest BCUT2D eigenvalue weighted by Crippen LogP contribution is -2.36. The van der Waals surface area contributed by atoms with E-state index in [1.54, 1.807) is 18.0 Å². The normalized spacial score (nSPS) is 22.9. The summed E-state index contributed by atoms with van der Waals surface area (Å²) in [6.07, 6.45) is 5.28. The number of hydrogen-bond donors (Lipinski definition) is 2. The first kappa shape index (κ1) is 23.9. The van der Waals surface area contributed by atoms with Crippen LogP contribution in [0, 0.1) is 18.3 Å². The standard InChI is InChI=1S/C25H27ClFN5O2/c1-14-4-5-17(11-29-14)8-9-34-22-10-18(27)6-7-19(22)25(33)32-12-20(21(28)13-32)24-30-15(2)23(26)16(3)31-24/h4-6,10-11,19,28,30H,7-9,12-13H2,1-3H3/b24-20+,28-21?. The van der Waals surface area contributed by atoms with E-state index in [4.69, 9.17) is 21.7 Å². The molecule has 1 aromatic heterocycles. The molecule has 178 valence electrons. The molecule has 1 aromatic rings. The first-order valence-electron chi connectivity index (χ1n) is 11.1. The van der Waals surface area contributed by atoms with E-state index in [2.05, 4.69) is 15.3 Å². The smallest absolute Gasteiger partial charge is 0.234 e. The molecule has 3 aliphatic rings. The first-order valence-corrected chi connectivity index (χ1v) is 11.5. The minimum Gasteiger partial charge on any atom is -0.497 e. The van der Waals surface area contributed by atoms with Crippen LogP contribution in [0.4, 0.5) is 4.39 Å². The van der Waals surface area contributed by atoms with Crippen molar-refractivity contribution >= 4 is 28.9 Å². The number of nitrogens with zero attached hydrogens (tertiary/aromatic N) is 3. The average molecular weight is 484 g/mol. The summed E-state index contributed by atoms with van der Waals surface area (Å²) >= 11 is 6.21. The number of ether oxygens (including phenoxy) is 1. The van der Waals surface area contributed by atoms with Crippen molar-refractivity contribution in [2.75, 3.05) is 19.7 Å². The van der Waals surface area contributed by atoms with Gasteiger partial charge in [0.05, 0.1) is 42.1 Å². The maximum atomic E-state index is 14.0. The minimum absolute atomic E-state index is 0.162. The van der Waals surface area contributed by atoms with E-state index < -0.39 is 11.7 Å². The van der Waals surface area contributed by atoms with Crippen LogP contribution in [0.3, 0.4) is 0 Å². The van der Waals surface area contributed by atoms with E-state index in [0.29, 0.717) is 46.6 Å². The number of allylic oxidation sites excluding steroid dienone is 5. The molecule has 34 heavy (non-hydrogen) atoms. The Bertz CT molecular complexity index is 1180. The molecule has 0 spiro atoms. The van der Waals surface area contributed by atoms with E-state index in [1.807, 2.05) is 26.0 Å². The number of hydrogen-bond acceptors (Lipinski definition) is 6. The highest BCUT2D eigenvalue weighted by molar-refractivity contribution is 6.43. The Morgan fingerprint density at radius 2 is 2.12 bits per heavy atom. The number of carbonyl (C=O) groups excluding carboxylic acids is 1. The number of likely N-dealkylation sites (tertiary alicyclic amines) is 1. The summed E-state index contributed by atoms with van der Waals surface area (Å²) in [5, 5.41) is 12.1. The predicted octanol–water partition coefficient (Wildman–Crippen LogP) is 4.31. The van der Waals surface area contributed by atoms with Gasteiger partial charge in [0.1, 0.15) is 17.4 Å². The molecule has 0 radical (unpaired) electrons. The van der Waals surface area contributed by atoms with Gasteiger partial charge in [0.15, 0.2) is 0 Å². The number of pyridine rings is 1. The van der Waals surface area contributed by atoms with Gasteiger partial charge in [-0.15, -0.1) is 0 Å². The van der Waals surface area contributed by atoms with Crippen LogP contribution in [0.15, 0.2) is 69.2 Å². The monoisotopic (exact) mass is 483 g/mol. The first-order chi connectivity index (χ1) is 16.2. The molecule has 4 rings (SSSR count). The van der Waals surface area contributed by atoms with Gasteiger partial charge in [-0.3, -0.25) is 9.78 Å². The Morgan fingerprint density at radius 3 is 2.82 bits per heavy atom. The number of aromatic nitrogens is 1. The zero-order valence-electron chi connectivity index (χ0n) is 19.4. The third-order valence-corrected chi connectivity index (χ3v) is 6.55. The lowest BCUT2D eigenvalue weighted by atomic mass is 9.96. The van der Waals surface area contributed by atoms with E-state index in [1.165, 1.54) is 12.2 Å². The van der Waals surface area contributed by atoms with E-state index >= 15 is 0 Å². The summed E-state index contributed by atoms with van der Waals surface area (Å²) in [6.45, 7) is 6.28. The van der Waals surface area contributed by atoms with Crippen molar-refractivity contribution in [2.24, 2.45) is 10.9 Å². The molecule has 0 bridgehead atoms. The zero-order valence-corrected chi connectivity index (χ0v) is 20.2. The van der Waals surface area contributed by atoms with Crippen LogP contribution in [-0.4, -0.2) is 46.9 Å². The molecule has 7 nitrogen and oxygen atoms in total. The molecule has 1 saturated heterocycles. The van der Waals surface area contributed by atoms with Crippen LogP contribution in [0.1, 0.15) is 31.5 Å². The highest BCUT2D eigenvalue weighted by Gasteiger charge is 2.36. The molecular weight excluding hydrogens is 457 g/mol.